The number of tetrazole rings is 1. The topological polar surface area (TPSA) is 132 Å². The normalized spacial score (nSPS) is 13.4. The molecule has 0 aliphatic carbocycles. The Balaban J connectivity index is 1.30. The number of hydrogen-bond acceptors (Lipinski definition) is 8. The van der Waals surface area contributed by atoms with Gasteiger partial charge in [-0.25, -0.2) is 4.98 Å². The van der Waals surface area contributed by atoms with Crippen LogP contribution in [0.5, 0.6) is 0 Å². The van der Waals surface area contributed by atoms with Gasteiger partial charge in [0, 0.05) is 31.8 Å². The molecule has 146 valence electrons. The highest BCUT2D eigenvalue weighted by Gasteiger charge is 2.28. The number of aryl methyl sites for hydroxylation is 2. The van der Waals surface area contributed by atoms with Crippen molar-refractivity contribution in [3.63, 3.8) is 0 Å². The fraction of sp³-hybridized carbons (Fsp3) is 0.278. The second kappa shape index (κ2) is 7.26. The molecule has 1 aliphatic heterocycles. The molecule has 0 bridgehead atoms. The number of rotatable bonds is 5. The highest BCUT2D eigenvalue weighted by Crippen LogP contribution is 2.23. The minimum atomic E-state index is -0.158. The SMILES string of the molecule is O=C(c1cn[nH]c1-n1cnnn1)N1CCc2oc(CCc3cccnc3)nc2C1. The van der Waals surface area contributed by atoms with Crippen LogP contribution >= 0.6 is 0 Å². The maximum Gasteiger partial charge on any atom is 0.259 e. The summed E-state index contributed by atoms with van der Waals surface area (Å²) in [6.45, 7) is 0.939. The highest BCUT2D eigenvalue weighted by atomic mass is 16.4. The van der Waals surface area contributed by atoms with E-state index in [1.165, 1.54) is 17.2 Å². The van der Waals surface area contributed by atoms with Crippen LogP contribution in [0.25, 0.3) is 5.82 Å². The van der Waals surface area contributed by atoms with Gasteiger partial charge in [0.1, 0.15) is 23.3 Å². The molecule has 0 saturated carbocycles. The summed E-state index contributed by atoms with van der Waals surface area (Å²) >= 11 is 0. The maximum absolute atomic E-state index is 13.0. The van der Waals surface area contributed by atoms with Crippen LogP contribution in [0.1, 0.15) is 33.3 Å². The summed E-state index contributed by atoms with van der Waals surface area (Å²) in [7, 11) is 0. The zero-order valence-electron chi connectivity index (χ0n) is 15.4. The first-order chi connectivity index (χ1) is 14.3. The molecule has 4 aromatic rings. The van der Waals surface area contributed by atoms with Gasteiger partial charge in [0.2, 0.25) is 0 Å². The van der Waals surface area contributed by atoms with Crippen LogP contribution < -0.4 is 0 Å². The lowest BCUT2D eigenvalue weighted by Gasteiger charge is -2.25. The molecular formula is C18H17N9O2. The summed E-state index contributed by atoms with van der Waals surface area (Å²) in [5.74, 6) is 1.81. The Bertz CT molecular complexity index is 1120. The molecule has 1 amide bonds. The third kappa shape index (κ3) is 3.37. The van der Waals surface area contributed by atoms with E-state index in [9.17, 15) is 4.79 Å². The zero-order valence-corrected chi connectivity index (χ0v) is 15.4. The summed E-state index contributed by atoms with van der Waals surface area (Å²) in [6.07, 6.45) is 8.61. The monoisotopic (exact) mass is 391 g/mol. The number of aromatic amines is 1. The van der Waals surface area contributed by atoms with Crippen molar-refractivity contribution >= 4 is 5.91 Å². The maximum atomic E-state index is 13.0. The molecule has 0 radical (unpaired) electrons. The molecule has 5 heterocycles. The summed E-state index contributed by atoms with van der Waals surface area (Å²) in [5.41, 5.74) is 2.34. The van der Waals surface area contributed by atoms with Crippen LogP contribution in [0.4, 0.5) is 0 Å². The minimum absolute atomic E-state index is 0.158. The van der Waals surface area contributed by atoms with Gasteiger partial charge in [-0.2, -0.15) is 9.78 Å². The number of aromatic nitrogens is 8. The predicted octanol–water partition coefficient (Wildman–Crippen LogP) is 0.752. The van der Waals surface area contributed by atoms with Crippen molar-refractivity contribution < 1.29 is 9.21 Å². The number of oxazole rings is 1. The van der Waals surface area contributed by atoms with E-state index in [0.29, 0.717) is 43.2 Å². The van der Waals surface area contributed by atoms with Gasteiger partial charge >= 0.3 is 0 Å². The molecule has 5 rings (SSSR count). The van der Waals surface area contributed by atoms with Crippen molar-refractivity contribution in [2.45, 2.75) is 25.8 Å². The van der Waals surface area contributed by atoms with Crippen molar-refractivity contribution in [1.29, 1.82) is 0 Å². The van der Waals surface area contributed by atoms with Gasteiger partial charge in [0.25, 0.3) is 5.91 Å². The number of carbonyl (C=O) groups excluding carboxylic acids is 1. The van der Waals surface area contributed by atoms with Crippen molar-refractivity contribution in [3.05, 3.63) is 65.5 Å². The summed E-state index contributed by atoms with van der Waals surface area (Å²) in [5, 5.41) is 17.7. The Kier molecular flexibility index (Phi) is 4.31. The molecule has 0 fully saturated rings. The van der Waals surface area contributed by atoms with E-state index in [-0.39, 0.29) is 5.91 Å². The zero-order chi connectivity index (χ0) is 19.6. The lowest BCUT2D eigenvalue weighted by Crippen LogP contribution is -2.36. The Morgan fingerprint density at radius 2 is 2.24 bits per heavy atom. The first-order valence-electron chi connectivity index (χ1n) is 9.20. The smallest absolute Gasteiger partial charge is 0.259 e. The molecule has 0 saturated heterocycles. The molecule has 0 aromatic carbocycles. The van der Waals surface area contributed by atoms with E-state index in [1.807, 2.05) is 18.3 Å². The van der Waals surface area contributed by atoms with E-state index < -0.39 is 0 Å². The van der Waals surface area contributed by atoms with E-state index >= 15 is 0 Å². The molecule has 0 atom stereocenters. The first kappa shape index (κ1) is 17.2. The number of amides is 1. The molecule has 11 nitrogen and oxygen atoms in total. The lowest BCUT2D eigenvalue weighted by atomic mass is 10.1. The van der Waals surface area contributed by atoms with Gasteiger partial charge in [0.15, 0.2) is 11.7 Å². The molecule has 1 N–H and O–H groups in total. The Labute approximate surface area is 164 Å². The fourth-order valence-electron chi connectivity index (χ4n) is 3.37. The van der Waals surface area contributed by atoms with Gasteiger partial charge in [-0.05, 0) is 28.5 Å². The largest absolute Gasteiger partial charge is 0.445 e. The number of nitrogens with one attached hydrogen (secondary N) is 1. The van der Waals surface area contributed by atoms with Crippen LogP contribution in [0.15, 0.2) is 41.5 Å². The number of fused-ring (bicyclic) bond motifs is 1. The van der Waals surface area contributed by atoms with Crippen molar-refractivity contribution in [2.24, 2.45) is 0 Å². The number of H-pyrrole nitrogens is 1. The van der Waals surface area contributed by atoms with Crippen LogP contribution in [0, 0.1) is 0 Å². The molecule has 11 heteroatoms. The van der Waals surface area contributed by atoms with Crippen molar-refractivity contribution in [3.8, 4) is 5.82 Å². The van der Waals surface area contributed by atoms with E-state index in [0.717, 1.165) is 23.4 Å². The van der Waals surface area contributed by atoms with Crippen molar-refractivity contribution in [2.75, 3.05) is 6.54 Å². The Morgan fingerprint density at radius 3 is 3.07 bits per heavy atom. The third-order valence-corrected chi connectivity index (χ3v) is 4.84. The standard InChI is InChI=1S/C18H17N9O2/c28-18(13-9-20-23-17(13)27-11-21-24-25-27)26-7-5-15-14(10-26)22-16(29-15)4-3-12-2-1-6-19-8-12/h1-2,6,8-9,11H,3-5,7,10H2,(H,20,23). The van der Waals surface area contributed by atoms with E-state index in [1.54, 1.807) is 11.1 Å². The Morgan fingerprint density at radius 1 is 1.28 bits per heavy atom. The number of hydrogen-bond donors (Lipinski definition) is 1. The van der Waals surface area contributed by atoms with E-state index in [2.05, 4.69) is 35.7 Å². The van der Waals surface area contributed by atoms with Gasteiger partial charge in [0.05, 0.1) is 12.7 Å². The summed E-state index contributed by atoms with van der Waals surface area (Å²) < 4.78 is 7.29. The van der Waals surface area contributed by atoms with Crippen molar-refractivity contribution in [1.82, 2.24) is 45.3 Å². The molecule has 0 unspecified atom stereocenters. The first-order valence-corrected chi connectivity index (χ1v) is 9.20. The second-order valence-electron chi connectivity index (χ2n) is 6.70. The van der Waals surface area contributed by atoms with Gasteiger partial charge in [-0.3, -0.25) is 14.9 Å². The van der Waals surface area contributed by atoms with Crippen LogP contribution in [0.2, 0.25) is 0 Å². The average Bonchev–Trinajstić information content (AvgIpc) is 3.51. The van der Waals surface area contributed by atoms with Crippen LogP contribution in [-0.4, -0.2) is 57.7 Å². The quantitative estimate of drug-likeness (QED) is 0.527. The lowest BCUT2D eigenvalue weighted by molar-refractivity contribution is 0.0728. The highest BCUT2D eigenvalue weighted by molar-refractivity contribution is 5.97. The van der Waals surface area contributed by atoms with Gasteiger partial charge < -0.3 is 9.32 Å². The second-order valence-corrected chi connectivity index (χ2v) is 6.70. The minimum Gasteiger partial charge on any atom is -0.445 e. The van der Waals surface area contributed by atoms with Gasteiger partial charge in [-0.1, -0.05) is 6.07 Å². The molecule has 4 aromatic heterocycles. The van der Waals surface area contributed by atoms with Crippen LogP contribution in [-0.2, 0) is 25.8 Å². The van der Waals surface area contributed by atoms with E-state index in [4.69, 9.17) is 4.42 Å². The number of carbonyl (C=O) groups is 1. The Hall–Kier alpha value is -3.89. The average molecular weight is 391 g/mol. The molecule has 29 heavy (non-hydrogen) atoms. The van der Waals surface area contributed by atoms with Gasteiger partial charge in [-0.15, -0.1) is 5.10 Å². The molecular weight excluding hydrogens is 374 g/mol. The molecule has 0 spiro atoms. The number of pyridine rings is 1. The number of nitrogens with zero attached hydrogens (tertiary/aromatic N) is 8. The van der Waals surface area contributed by atoms with Crippen LogP contribution in [0.3, 0.4) is 0 Å². The third-order valence-electron chi connectivity index (χ3n) is 4.84. The summed E-state index contributed by atoms with van der Waals surface area (Å²) in [4.78, 5) is 23.5. The molecule has 1 aliphatic rings. The predicted molar refractivity (Wildman–Crippen MR) is 97.9 cm³/mol. The fourth-order valence-corrected chi connectivity index (χ4v) is 3.37. The summed E-state index contributed by atoms with van der Waals surface area (Å²) in [6, 6.07) is 3.95.